The van der Waals surface area contributed by atoms with Gasteiger partial charge in [-0.05, 0) is 25.7 Å². The molecule has 0 unspecified atom stereocenters. The van der Waals surface area contributed by atoms with E-state index in [4.69, 9.17) is 10.5 Å². The molecule has 1 aromatic heterocycles. The standard InChI is InChI=1S/C13H24N6O/c1-18(7-6-10-20-2)12-15-11(14)16-13(17-12)19-8-4-3-5-9-19/h3-10H2,1-2H3,(H2,14,15,16,17). The van der Waals surface area contributed by atoms with Crippen LogP contribution in [0.3, 0.4) is 0 Å². The van der Waals surface area contributed by atoms with Crippen molar-refractivity contribution < 1.29 is 4.74 Å². The molecule has 7 nitrogen and oxygen atoms in total. The zero-order valence-corrected chi connectivity index (χ0v) is 12.4. The van der Waals surface area contributed by atoms with Gasteiger partial charge < -0.3 is 20.3 Å². The number of anilines is 3. The summed E-state index contributed by atoms with van der Waals surface area (Å²) in [7, 11) is 3.67. The van der Waals surface area contributed by atoms with Gasteiger partial charge in [0.15, 0.2) is 0 Å². The number of piperidine rings is 1. The fourth-order valence-corrected chi connectivity index (χ4v) is 2.32. The van der Waals surface area contributed by atoms with Gasteiger partial charge in [0.1, 0.15) is 0 Å². The number of hydrogen-bond donors (Lipinski definition) is 1. The molecular weight excluding hydrogens is 256 g/mol. The highest BCUT2D eigenvalue weighted by Gasteiger charge is 2.16. The van der Waals surface area contributed by atoms with Crippen molar-refractivity contribution in [3.05, 3.63) is 0 Å². The molecule has 2 rings (SSSR count). The number of nitrogen functional groups attached to an aromatic ring is 1. The van der Waals surface area contributed by atoms with Gasteiger partial charge in [-0.1, -0.05) is 0 Å². The van der Waals surface area contributed by atoms with E-state index in [1.54, 1.807) is 7.11 Å². The Kier molecular flexibility index (Phi) is 5.34. The van der Waals surface area contributed by atoms with Crippen molar-refractivity contribution in [2.45, 2.75) is 25.7 Å². The van der Waals surface area contributed by atoms with E-state index >= 15 is 0 Å². The third-order valence-electron chi connectivity index (χ3n) is 3.45. The number of methoxy groups -OCH3 is 1. The zero-order chi connectivity index (χ0) is 14.4. The monoisotopic (exact) mass is 280 g/mol. The van der Waals surface area contributed by atoms with E-state index < -0.39 is 0 Å². The lowest BCUT2D eigenvalue weighted by Gasteiger charge is -2.27. The average Bonchev–Trinajstić information content (AvgIpc) is 2.47. The summed E-state index contributed by atoms with van der Waals surface area (Å²) in [6.45, 7) is 3.55. The van der Waals surface area contributed by atoms with Crippen LogP contribution in [0.15, 0.2) is 0 Å². The van der Waals surface area contributed by atoms with Gasteiger partial charge in [0, 0.05) is 40.4 Å². The Morgan fingerprint density at radius 2 is 1.95 bits per heavy atom. The van der Waals surface area contributed by atoms with Crippen LogP contribution in [0.1, 0.15) is 25.7 Å². The molecule has 1 aromatic rings. The molecule has 20 heavy (non-hydrogen) atoms. The van der Waals surface area contributed by atoms with Gasteiger partial charge in [0.25, 0.3) is 0 Å². The third-order valence-corrected chi connectivity index (χ3v) is 3.45. The second-order valence-electron chi connectivity index (χ2n) is 5.11. The van der Waals surface area contributed by atoms with E-state index in [9.17, 15) is 0 Å². The number of ether oxygens (including phenoxy) is 1. The molecule has 1 aliphatic rings. The van der Waals surface area contributed by atoms with Crippen LogP contribution in [0.2, 0.25) is 0 Å². The van der Waals surface area contributed by atoms with Crippen LogP contribution in [0, 0.1) is 0 Å². The highest BCUT2D eigenvalue weighted by Crippen LogP contribution is 2.18. The summed E-state index contributed by atoms with van der Waals surface area (Å²) < 4.78 is 5.06. The summed E-state index contributed by atoms with van der Waals surface area (Å²) in [4.78, 5) is 17.2. The van der Waals surface area contributed by atoms with Crippen molar-refractivity contribution in [3.63, 3.8) is 0 Å². The minimum atomic E-state index is 0.286. The van der Waals surface area contributed by atoms with E-state index in [0.29, 0.717) is 11.9 Å². The van der Waals surface area contributed by atoms with Gasteiger partial charge >= 0.3 is 0 Å². The minimum Gasteiger partial charge on any atom is -0.385 e. The fourth-order valence-electron chi connectivity index (χ4n) is 2.32. The second-order valence-corrected chi connectivity index (χ2v) is 5.11. The van der Waals surface area contributed by atoms with Crippen molar-refractivity contribution in [2.75, 3.05) is 55.9 Å². The summed E-state index contributed by atoms with van der Waals surface area (Å²) >= 11 is 0. The summed E-state index contributed by atoms with van der Waals surface area (Å²) in [5.41, 5.74) is 5.82. The second kappa shape index (κ2) is 7.23. The fraction of sp³-hybridized carbons (Fsp3) is 0.769. The molecule has 1 aliphatic heterocycles. The molecule has 0 atom stereocenters. The van der Waals surface area contributed by atoms with Gasteiger partial charge in [0.05, 0.1) is 0 Å². The SMILES string of the molecule is COCCCN(C)c1nc(N)nc(N2CCCCC2)n1. The first-order chi connectivity index (χ1) is 9.70. The van der Waals surface area contributed by atoms with Crippen LogP contribution in [-0.4, -0.2) is 55.4 Å². The summed E-state index contributed by atoms with van der Waals surface area (Å²) in [6.07, 6.45) is 4.58. The number of rotatable bonds is 6. The minimum absolute atomic E-state index is 0.286. The molecule has 0 spiro atoms. The molecule has 0 amide bonds. The largest absolute Gasteiger partial charge is 0.385 e. The van der Waals surface area contributed by atoms with Gasteiger partial charge in [-0.15, -0.1) is 0 Å². The highest BCUT2D eigenvalue weighted by atomic mass is 16.5. The van der Waals surface area contributed by atoms with Crippen LogP contribution < -0.4 is 15.5 Å². The van der Waals surface area contributed by atoms with Crippen LogP contribution in [0.25, 0.3) is 0 Å². The van der Waals surface area contributed by atoms with Crippen LogP contribution >= 0.6 is 0 Å². The van der Waals surface area contributed by atoms with Gasteiger partial charge in [0.2, 0.25) is 17.8 Å². The lowest BCUT2D eigenvalue weighted by molar-refractivity contribution is 0.196. The Labute approximate surface area is 120 Å². The molecule has 0 radical (unpaired) electrons. The van der Waals surface area contributed by atoms with Gasteiger partial charge in [-0.25, -0.2) is 0 Å². The summed E-state index contributed by atoms with van der Waals surface area (Å²) in [5.74, 6) is 1.62. The Hall–Kier alpha value is -1.63. The van der Waals surface area contributed by atoms with Crippen LogP contribution in [-0.2, 0) is 4.74 Å². The molecule has 112 valence electrons. The van der Waals surface area contributed by atoms with Gasteiger partial charge in [-0.3, -0.25) is 0 Å². The van der Waals surface area contributed by atoms with E-state index in [-0.39, 0.29) is 5.95 Å². The first kappa shape index (κ1) is 14.8. The molecule has 0 aliphatic carbocycles. The summed E-state index contributed by atoms with van der Waals surface area (Å²) in [5, 5.41) is 0. The topological polar surface area (TPSA) is 80.4 Å². The quantitative estimate of drug-likeness (QED) is 0.776. The maximum atomic E-state index is 5.82. The number of aromatic nitrogens is 3. The molecular formula is C13H24N6O. The van der Waals surface area contributed by atoms with E-state index in [1.807, 2.05) is 11.9 Å². The predicted molar refractivity (Wildman–Crippen MR) is 80.1 cm³/mol. The van der Waals surface area contributed by atoms with Crippen LogP contribution in [0.5, 0.6) is 0 Å². The predicted octanol–water partition coefficient (Wildman–Crippen LogP) is 0.917. The molecule has 0 aromatic carbocycles. The lowest BCUT2D eigenvalue weighted by atomic mass is 10.1. The molecule has 1 fully saturated rings. The molecule has 1 saturated heterocycles. The Morgan fingerprint density at radius 1 is 1.20 bits per heavy atom. The van der Waals surface area contributed by atoms with Crippen molar-refractivity contribution >= 4 is 17.8 Å². The smallest absolute Gasteiger partial charge is 0.231 e. The molecule has 0 saturated carbocycles. The highest BCUT2D eigenvalue weighted by molar-refractivity contribution is 5.43. The number of nitrogens with zero attached hydrogens (tertiary/aromatic N) is 5. The molecule has 7 heteroatoms. The summed E-state index contributed by atoms with van der Waals surface area (Å²) in [6, 6.07) is 0. The van der Waals surface area contributed by atoms with Crippen molar-refractivity contribution in [3.8, 4) is 0 Å². The lowest BCUT2D eigenvalue weighted by Crippen LogP contribution is -2.32. The number of nitrogens with two attached hydrogens (primary N) is 1. The maximum absolute atomic E-state index is 5.82. The van der Waals surface area contributed by atoms with Crippen LogP contribution in [0.4, 0.5) is 17.8 Å². The zero-order valence-electron chi connectivity index (χ0n) is 12.4. The Balaban J connectivity index is 2.07. The molecule has 2 heterocycles. The maximum Gasteiger partial charge on any atom is 0.231 e. The Bertz CT molecular complexity index is 421. The van der Waals surface area contributed by atoms with E-state index in [2.05, 4.69) is 19.9 Å². The first-order valence-electron chi connectivity index (χ1n) is 7.17. The molecule has 0 bridgehead atoms. The normalized spacial score (nSPS) is 15.4. The van der Waals surface area contributed by atoms with Crippen molar-refractivity contribution in [1.82, 2.24) is 15.0 Å². The van der Waals surface area contributed by atoms with E-state index in [1.165, 1.54) is 19.3 Å². The average molecular weight is 280 g/mol. The number of hydrogen-bond acceptors (Lipinski definition) is 7. The molecule has 2 N–H and O–H groups in total. The third kappa shape index (κ3) is 3.93. The Morgan fingerprint density at radius 3 is 2.65 bits per heavy atom. The van der Waals surface area contributed by atoms with Gasteiger partial charge in [-0.2, -0.15) is 15.0 Å². The van der Waals surface area contributed by atoms with E-state index in [0.717, 1.165) is 32.7 Å². The van der Waals surface area contributed by atoms with Crippen molar-refractivity contribution in [2.24, 2.45) is 0 Å². The first-order valence-corrected chi connectivity index (χ1v) is 7.17. The van der Waals surface area contributed by atoms with Crippen molar-refractivity contribution in [1.29, 1.82) is 0 Å².